The molecule has 2 heteroatoms. The third-order valence-corrected chi connectivity index (χ3v) is 3.03. The quantitative estimate of drug-likeness (QED) is 0.765. The van der Waals surface area contributed by atoms with Crippen molar-refractivity contribution in [2.75, 3.05) is 0 Å². The minimum Gasteiger partial charge on any atom is -0.468 e. The van der Waals surface area contributed by atoms with Gasteiger partial charge < -0.3 is 9.73 Å². The smallest absolute Gasteiger partial charge is 0.120 e. The Kier molecular flexibility index (Phi) is 4.37. The van der Waals surface area contributed by atoms with Crippen LogP contribution in [-0.4, -0.2) is 0 Å². The molecule has 0 saturated carbocycles. The largest absolute Gasteiger partial charge is 0.468 e. The van der Waals surface area contributed by atoms with Crippen molar-refractivity contribution in [2.24, 2.45) is 0 Å². The highest BCUT2D eigenvalue weighted by Crippen LogP contribution is 2.22. The minimum absolute atomic E-state index is 0.185. The van der Waals surface area contributed by atoms with Gasteiger partial charge in [0.2, 0.25) is 0 Å². The van der Waals surface area contributed by atoms with Gasteiger partial charge in [0.05, 0.1) is 12.3 Å². The van der Waals surface area contributed by atoms with Crippen LogP contribution in [0.2, 0.25) is 0 Å². The monoisotopic (exact) mass is 241 g/mol. The summed E-state index contributed by atoms with van der Waals surface area (Å²) in [6.45, 7) is 5.94. The van der Waals surface area contributed by atoms with Crippen molar-refractivity contribution in [2.45, 2.75) is 25.4 Å². The first-order valence-electron chi connectivity index (χ1n) is 6.26. The number of rotatable bonds is 6. The first-order chi connectivity index (χ1) is 8.81. The lowest BCUT2D eigenvalue weighted by Gasteiger charge is -2.21. The number of furan rings is 1. The molecular weight excluding hydrogens is 222 g/mol. The van der Waals surface area contributed by atoms with Crippen molar-refractivity contribution in [1.29, 1.82) is 0 Å². The second kappa shape index (κ2) is 6.22. The van der Waals surface area contributed by atoms with Crippen LogP contribution in [0.5, 0.6) is 0 Å². The van der Waals surface area contributed by atoms with Gasteiger partial charge in [-0.2, -0.15) is 0 Å². The first-order valence-corrected chi connectivity index (χ1v) is 6.26. The summed E-state index contributed by atoms with van der Waals surface area (Å²) >= 11 is 0. The molecule has 0 aliphatic carbocycles. The van der Waals surface area contributed by atoms with Crippen molar-refractivity contribution < 1.29 is 4.42 Å². The molecular formula is C16H19NO. The van der Waals surface area contributed by atoms with E-state index in [1.807, 2.05) is 24.3 Å². The fourth-order valence-corrected chi connectivity index (χ4v) is 2.07. The molecule has 2 rings (SSSR count). The van der Waals surface area contributed by atoms with Crippen LogP contribution in [0, 0.1) is 0 Å². The zero-order chi connectivity index (χ0) is 12.8. The fourth-order valence-electron chi connectivity index (χ4n) is 2.07. The predicted octanol–water partition coefficient (Wildman–Crippen LogP) is 4.25. The van der Waals surface area contributed by atoms with E-state index in [0.717, 1.165) is 12.2 Å². The van der Waals surface area contributed by atoms with Gasteiger partial charge in [0.1, 0.15) is 5.76 Å². The average Bonchev–Trinajstić information content (AvgIpc) is 2.93. The van der Waals surface area contributed by atoms with Gasteiger partial charge in [0, 0.05) is 6.04 Å². The molecule has 1 aromatic heterocycles. The molecule has 0 radical (unpaired) electrons. The summed E-state index contributed by atoms with van der Waals surface area (Å²) in [5.74, 6) is 0.958. The van der Waals surface area contributed by atoms with Crippen LogP contribution in [0.25, 0.3) is 0 Å². The number of hydrogen-bond acceptors (Lipinski definition) is 2. The topological polar surface area (TPSA) is 25.2 Å². The van der Waals surface area contributed by atoms with Gasteiger partial charge in [-0.15, -0.1) is 6.58 Å². The molecule has 0 aliphatic heterocycles. The molecule has 0 bridgehead atoms. The van der Waals surface area contributed by atoms with E-state index >= 15 is 0 Å². The van der Waals surface area contributed by atoms with E-state index in [-0.39, 0.29) is 12.1 Å². The highest BCUT2D eigenvalue weighted by molar-refractivity contribution is 5.20. The Balaban J connectivity index is 2.09. The number of hydrogen-bond donors (Lipinski definition) is 1. The average molecular weight is 241 g/mol. The van der Waals surface area contributed by atoms with Crippen LogP contribution >= 0.6 is 0 Å². The maximum atomic E-state index is 5.42. The van der Waals surface area contributed by atoms with Crippen LogP contribution < -0.4 is 5.32 Å². The Hall–Kier alpha value is -1.80. The first kappa shape index (κ1) is 12.7. The summed E-state index contributed by atoms with van der Waals surface area (Å²) in [6, 6.07) is 14.8. The lowest BCUT2D eigenvalue weighted by atomic mass is 10.0. The molecule has 0 spiro atoms. The summed E-state index contributed by atoms with van der Waals surface area (Å²) < 4.78 is 5.42. The Morgan fingerprint density at radius 1 is 1.22 bits per heavy atom. The van der Waals surface area contributed by atoms with Crippen molar-refractivity contribution in [3.63, 3.8) is 0 Å². The SMILES string of the molecule is C=CCC(NC(C)c1ccco1)c1ccccc1. The molecule has 2 unspecified atom stereocenters. The molecule has 0 amide bonds. The van der Waals surface area contributed by atoms with Crippen molar-refractivity contribution in [3.8, 4) is 0 Å². The second-order valence-corrected chi connectivity index (χ2v) is 4.39. The number of benzene rings is 1. The Bertz CT molecular complexity index is 461. The van der Waals surface area contributed by atoms with E-state index < -0.39 is 0 Å². The van der Waals surface area contributed by atoms with Gasteiger partial charge in [-0.3, -0.25) is 0 Å². The van der Waals surface area contributed by atoms with Crippen LogP contribution in [0.3, 0.4) is 0 Å². The standard InChI is InChI=1S/C16H19NO/c1-3-8-15(14-9-5-4-6-10-14)17-13(2)16-11-7-12-18-16/h3-7,9-13,15,17H,1,8H2,2H3. The van der Waals surface area contributed by atoms with E-state index in [9.17, 15) is 0 Å². The maximum absolute atomic E-state index is 5.42. The van der Waals surface area contributed by atoms with E-state index in [1.54, 1.807) is 6.26 Å². The molecule has 0 aliphatic rings. The Labute approximate surface area is 108 Å². The van der Waals surface area contributed by atoms with Crippen LogP contribution in [0.4, 0.5) is 0 Å². The van der Waals surface area contributed by atoms with Gasteiger partial charge in [-0.05, 0) is 31.0 Å². The molecule has 0 saturated heterocycles. The fraction of sp³-hybridized carbons (Fsp3) is 0.250. The zero-order valence-corrected chi connectivity index (χ0v) is 10.7. The van der Waals surface area contributed by atoms with E-state index in [4.69, 9.17) is 4.42 Å². The molecule has 0 fully saturated rings. The van der Waals surface area contributed by atoms with E-state index in [0.29, 0.717) is 0 Å². The Morgan fingerprint density at radius 3 is 2.61 bits per heavy atom. The third kappa shape index (κ3) is 3.11. The van der Waals surface area contributed by atoms with E-state index in [1.165, 1.54) is 5.56 Å². The Morgan fingerprint density at radius 2 is 2.00 bits per heavy atom. The summed E-state index contributed by atoms with van der Waals surface area (Å²) in [6.07, 6.45) is 4.55. The minimum atomic E-state index is 0.185. The molecule has 2 aromatic rings. The van der Waals surface area contributed by atoms with Gasteiger partial charge in [0.25, 0.3) is 0 Å². The van der Waals surface area contributed by atoms with E-state index in [2.05, 4.69) is 43.1 Å². The summed E-state index contributed by atoms with van der Waals surface area (Å²) in [5, 5.41) is 3.57. The van der Waals surface area contributed by atoms with Crippen molar-refractivity contribution >= 4 is 0 Å². The summed E-state index contributed by atoms with van der Waals surface area (Å²) in [5.41, 5.74) is 1.27. The van der Waals surface area contributed by atoms with Crippen molar-refractivity contribution in [1.82, 2.24) is 5.32 Å². The predicted molar refractivity (Wildman–Crippen MR) is 74.3 cm³/mol. The van der Waals surface area contributed by atoms with Gasteiger partial charge in [-0.25, -0.2) is 0 Å². The van der Waals surface area contributed by atoms with Crippen molar-refractivity contribution in [3.05, 3.63) is 72.7 Å². The van der Waals surface area contributed by atoms with Crippen LogP contribution in [-0.2, 0) is 0 Å². The normalized spacial score (nSPS) is 14.1. The lowest BCUT2D eigenvalue weighted by molar-refractivity contribution is 0.393. The molecule has 1 heterocycles. The zero-order valence-electron chi connectivity index (χ0n) is 10.7. The van der Waals surface area contributed by atoms with Gasteiger partial charge in [0.15, 0.2) is 0 Å². The van der Waals surface area contributed by atoms with Gasteiger partial charge in [-0.1, -0.05) is 36.4 Å². The molecule has 1 N–H and O–H groups in total. The molecule has 18 heavy (non-hydrogen) atoms. The third-order valence-electron chi connectivity index (χ3n) is 3.03. The summed E-state index contributed by atoms with van der Waals surface area (Å²) in [4.78, 5) is 0. The molecule has 94 valence electrons. The summed E-state index contributed by atoms with van der Waals surface area (Å²) in [7, 11) is 0. The highest BCUT2D eigenvalue weighted by atomic mass is 16.3. The van der Waals surface area contributed by atoms with Crippen LogP contribution in [0.15, 0.2) is 65.8 Å². The molecule has 2 atom stereocenters. The number of nitrogens with one attached hydrogen (secondary N) is 1. The highest BCUT2D eigenvalue weighted by Gasteiger charge is 2.15. The van der Waals surface area contributed by atoms with Crippen LogP contribution in [0.1, 0.15) is 36.8 Å². The maximum Gasteiger partial charge on any atom is 0.120 e. The second-order valence-electron chi connectivity index (χ2n) is 4.39. The molecule has 2 nitrogen and oxygen atoms in total. The lowest BCUT2D eigenvalue weighted by Crippen LogP contribution is -2.24. The molecule has 1 aromatic carbocycles. The van der Waals surface area contributed by atoms with Gasteiger partial charge >= 0.3 is 0 Å².